The number of halogens is 1. The van der Waals surface area contributed by atoms with E-state index in [1.54, 1.807) is 49.4 Å². The quantitative estimate of drug-likeness (QED) is 0.555. The molecular weight excluding hydrogens is 410 g/mol. The van der Waals surface area contributed by atoms with Crippen molar-refractivity contribution >= 4 is 35.0 Å². The Morgan fingerprint density at radius 2 is 1.63 bits per heavy atom. The van der Waals surface area contributed by atoms with Crippen molar-refractivity contribution < 1.29 is 23.9 Å². The molecule has 0 saturated heterocycles. The maximum Gasteiger partial charge on any atom is 0.279 e. The molecule has 1 unspecified atom stereocenters. The van der Waals surface area contributed by atoms with Crippen LogP contribution in [0.3, 0.4) is 0 Å². The molecule has 0 aliphatic heterocycles. The number of rotatable bonds is 8. The van der Waals surface area contributed by atoms with E-state index in [2.05, 4.69) is 16.2 Å². The maximum absolute atomic E-state index is 12.1. The molecule has 0 heterocycles. The van der Waals surface area contributed by atoms with Crippen molar-refractivity contribution in [2.75, 3.05) is 12.4 Å². The van der Waals surface area contributed by atoms with E-state index >= 15 is 0 Å². The van der Waals surface area contributed by atoms with E-state index < -0.39 is 17.9 Å². The summed E-state index contributed by atoms with van der Waals surface area (Å²) in [5.74, 6) is -0.502. The summed E-state index contributed by atoms with van der Waals surface area (Å²) in [6.07, 6.45) is -1.04. The van der Waals surface area contributed by atoms with E-state index in [9.17, 15) is 14.4 Å². The molecule has 0 fully saturated rings. The Morgan fingerprint density at radius 1 is 0.967 bits per heavy atom. The van der Waals surface area contributed by atoms with Gasteiger partial charge in [-0.15, -0.1) is 0 Å². The highest BCUT2D eigenvalue weighted by Crippen LogP contribution is 2.26. The lowest BCUT2D eigenvalue weighted by atomic mass is 10.2. The lowest BCUT2D eigenvalue weighted by molar-refractivity contribution is -0.133. The first-order valence-electron chi connectivity index (χ1n) is 9.25. The molecule has 9 heteroatoms. The van der Waals surface area contributed by atoms with Gasteiger partial charge in [0.1, 0.15) is 0 Å². The lowest BCUT2D eigenvalue weighted by Gasteiger charge is -2.16. The average Bonchev–Trinajstić information content (AvgIpc) is 2.74. The monoisotopic (exact) mass is 433 g/mol. The van der Waals surface area contributed by atoms with Crippen molar-refractivity contribution in [3.63, 3.8) is 0 Å². The van der Waals surface area contributed by atoms with E-state index in [0.717, 1.165) is 5.56 Å². The van der Waals surface area contributed by atoms with Gasteiger partial charge < -0.3 is 14.8 Å². The predicted molar refractivity (Wildman–Crippen MR) is 113 cm³/mol. The minimum absolute atomic E-state index is 0.0546. The molecule has 3 amide bonds. The second kappa shape index (κ2) is 11.1. The Morgan fingerprint density at radius 3 is 2.33 bits per heavy atom. The lowest BCUT2D eigenvalue weighted by Crippen LogP contribution is -2.47. The topological polar surface area (TPSA) is 106 Å². The van der Waals surface area contributed by atoms with Crippen molar-refractivity contribution in [3.05, 3.63) is 53.1 Å². The van der Waals surface area contributed by atoms with Gasteiger partial charge in [-0.05, 0) is 43.7 Å². The predicted octanol–water partition coefficient (Wildman–Crippen LogP) is 2.99. The zero-order chi connectivity index (χ0) is 22.1. The first-order valence-corrected chi connectivity index (χ1v) is 9.63. The van der Waals surface area contributed by atoms with Crippen LogP contribution in [-0.2, 0) is 14.4 Å². The number of nitrogens with one attached hydrogen (secondary N) is 3. The first kappa shape index (κ1) is 23.0. The van der Waals surface area contributed by atoms with E-state index in [1.807, 2.05) is 0 Å². The molecule has 0 radical (unpaired) electrons. The summed E-state index contributed by atoms with van der Waals surface area (Å²) < 4.78 is 10.7. The minimum Gasteiger partial charge on any atom is -0.493 e. The summed E-state index contributed by atoms with van der Waals surface area (Å²) in [5.41, 5.74) is 5.87. The van der Waals surface area contributed by atoms with Gasteiger partial charge in [-0.1, -0.05) is 29.8 Å². The van der Waals surface area contributed by atoms with Gasteiger partial charge >= 0.3 is 0 Å². The van der Waals surface area contributed by atoms with E-state index in [-0.39, 0.29) is 18.7 Å². The number of methoxy groups -OCH3 is 1. The summed E-state index contributed by atoms with van der Waals surface area (Å²) in [7, 11) is 1.50. The fourth-order valence-electron chi connectivity index (χ4n) is 2.44. The summed E-state index contributed by atoms with van der Waals surface area (Å²) >= 11 is 6.02. The zero-order valence-electron chi connectivity index (χ0n) is 17.0. The number of anilines is 1. The third-order valence-electron chi connectivity index (χ3n) is 4.19. The van der Waals surface area contributed by atoms with E-state index in [0.29, 0.717) is 22.2 Å². The molecule has 30 heavy (non-hydrogen) atoms. The van der Waals surface area contributed by atoms with Gasteiger partial charge in [0.25, 0.3) is 5.91 Å². The molecule has 2 aromatic rings. The highest BCUT2D eigenvalue weighted by molar-refractivity contribution is 6.31. The summed E-state index contributed by atoms with van der Waals surface area (Å²) in [6.45, 7) is 3.32. The van der Waals surface area contributed by atoms with Crippen molar-refractivity contribution in [1.82, 2.24) is 10.9 Å². The number of benzene rings is 2. The van der Waals surface area contributed by atoms with Gasteiger partial charge in [0.2, 0.25) is 11.8 Å². The van der Waals surface area contributed by atoms with Crippen LogP contribution in [0.4, 0.5) is 5.69 Å². The third kappa shape index (κ3) is 6.66. The summed E-state index contributed by atoms with van der Waals surface area (Å²) in [6, 6.07) is 12.1. The molecule has 2 aromatic carbocycles. The largest absolute Gasteiger partial charge is 0.493 e. The molecule has 0 aromatic heterocycles. The van der Waals surface area contributed by atoms with Gasteiger partial charge in [0, 0.05) is 23.6 Å². The van der Waals surface area contributed by atoms with Crippen LogP contribution >= 0.6 is 11.6 Å². The SMILES string of the molecule is COc1ccccc1OC(C)C(=O)NNC(=O)CCC(=O)Nc1cccc(Cl)c1C. The Balaban J connectivity index is 1.75. The standard InChI is InChI=1S/C21H24ClN3O5/c1-13-15(22)7-6-8-16(13)23-19(26)11-12-20(27)24-25-21(28)14(2)30-18-10-5-4-9-17(18)29-3/h4-10,14H,11-12H2,1-3H3,(H,23,26)(H,24,27)(H,25,28). The van der Waals surface area contributed by atoms with Crippen molar-refractivity contribution in [1.29, 1.82) is 0 Å². The number of amides is 3. The fourth-order valence-corrected chi connectivity index (χ4v) is 2.61. The zero-order valence-corrected chi connectivity index (χ0v) is 17.7. The Bertz CT molecular complexity index is 919. The van der Waals surface area contributed by atoms with Crippen molar-refractivity contribution in [2.45, 2.75) is 32.8 Å². The van der Waals surface area contributed by atoms with Crippen LogP contribution in [0.25, 0.3) is 0 Å². The Hall–Kier alpha value is -3.26. The van der Waals surface area contributed by atoms with Crippen LogP contribution in [0.15, 0.2) is 42.5 Å². The molecule has 0 aliphatic carbocycles. The van der Waals surface area contributed by atoms with Gasteiger partial charge in [0.15, 0.2) is 17.6 Å². The molecule has 2 rings (SSSR count). The maximum atomic E-state index is 12.1. The minimum atomic E-state index is -0.879. The van der Waals surface area contributed by atoms with Crippen LogP contribution in [-0.4, -0.2) is 30.9 Å². The van der Waals surface area contributed by atoms with Crippen LogP contribution in [0.1, 0.15) is 25.3 Å². The number of carbonyl (C=O) groups excluding carboxylic acids is 3. The molecule has 8 nitrogen and oxygen atoms in total. The first-order chi connectivity index (χ1) is 14.3. The van der Waals surface area contributed by atoms with Crippen LogP contribution < -0.4 is 25.6 Å². The second-order valence-electron chi connectivity index (χ2n) is 6.41. The normalized spacial score (nSPS) is 11.2. The van der Waals surface area contributed by atoms with Gasteiger partial charge in [-0.25, -0.2) is 0 Å². The molecule has 0 bridgehead atoms. The third-order valence-corrected chi connectivity index (χ3v) is 4.60. The number of para-hydroxylation sites is 2. The van der Waals surface area contributed by atoms with Crippen molar-refractivity contribution in [2.24, 2.45) is 0 Å². The Kier molecular flexibility index (Phi) is 8.49. The van der Waals surface area contributed by atoms with Gasteiger partial charge in [0.05, 0.1) is 7.11 Å². The number of hydrogen-bond acceptors (Lipinski definition) is 5. The van der Waals surface area contributed by atoms with Gasteiger partial charge in [-0.2, -0.15) is 0 Å². The molecule has 0 saturated carbocycles. The van der Waals surface area contributed by atoms with E-state index in [1.165, 1.54) is 14.0 Å². The molecule has 3 N–H and O–H groups in total. The molecule has 0 spiro atoms. The van der Waals surface area contributed by atoms with Gasteiger partial charge in [-0.3, -0.25) is 25.2 Å². The summed E-state index contributed by atoms with van der Waals surface area (Å²) in [5, 5.41) is 3.24. The molecule has 0 aliphatic rings. The highest BCUT2D eigenvalue weighted by Gasteiger charge is 2.17. The number of ether oxygens (including phenoxy) is 2. The summed E-state index contributed by atoms with van der Waals surface area (Å²) in [4.78, 5) is 36.1. The number of carbonyl (C=O) groups is 3. The smallest absolute Gasteiger partial charge is 0.279 e. The van der Waals surface area contributed by atoms with Crippen LogP contribution in [0.5, 0.6) is 11.5 Å². The number of hydrazine groups is 1. The Labute approximate surface area is 179 Å². The molecular formula is C21H24ClN3O5. The van der Waals surface area contributed by atoms with E-state index in [4.69, 9.17) is 21.1 Å². The number of hydrogen-bond donors (Lipinski definition) is 3. The van der Waals surface area contributed by atoms with Crippen molar-refractivity contribution in [3.8, 4) is 11.5 Å². The van der Waals surface area contributed by atoms with Crippen LogP contribution in [0, 0.1) is 6.92 Å². The second-order valence-corrected chi connectivity index (χ2v) is 6.82. The molecule has 160 valence electrons. The molecule has 1 atom stereocenters. The fraction of sp³-hybridized carbons (Fsp3) is 0.286. The van der Waals surface area contributed by atoms with Crippen LogP contribution in [0.2, 0.25) is 5.02 Å². The highest BCUT2D eigenvalue weighted by atomic mass is 35.5. The average molecular weight is 434 g/mol.